The van der Waals surface area contributed by atoms with E-state index in [4.69, 9.17) is 9.47 Å². The fourth-order valence-electron chi connectivity index (χ4n) is 5.15. The zero-order chi connectivity index (χ0) is 22.8. The van der Waals surface area contributed by atoms with E-state index in [0.29, 0.717) is 49.2 Å². The molecule has 33 heavy (non-hydrogen) atoms. The van der Waals surface area contributed by atoms with Gasteiger partial charge in [-0.05, 0) is 49.1 Å². The third-order valence-corrected chi connectivity index (χ3v) is 7.31. The van der Waals surface area contributed by atoms with Crippen molar-refractivity contribution in [3.63, 3.8) is 0 Å². The number of amides is 2. The summed E-state index contributed by atoms with van der Waals surface area (Å²) in [5.74, 6) is 1.76. The maximum Gasteiger partial charge on any atom is 0.253 e. The number of hydrogen-bond acceptors (Lipinski definition) is 5. The predicted molar refractivity (Wildman–Crippen MR) is 129 cm³/mol. The van der Waals surface area contributed by atoms with E-state index in [0.717, 1.165) is 23.0 Å². The minimum Gasteiger partial charge on any atom is -0.454 e. The normalized spacial score (nSPS) is 19.5. The smallest absolute Gasteiger partial charge is 0.253 e. The van der Waals surface area contributed by atoms with Gasteiger partial charge in [0.25, 0.3) is 5.91 Å². The van der Waals surface area contributed by atoms with Crippen molar-refractivity contribution in [2.75, 3.05) is 38.3 Å². The van der Waals surface area contributed by atoms with Crippen molar-refractivity contribution in [2.24, 2.45) is 5.92 Å². The summed E-state index contributed by atoms with van der Waals surface area (Å²) in [4.78, 5) is 30.6. The molecule has 1 atom stereocenters. The quantitative estimate of drug-likeness (QED) is 0.650. The summed E-state index contributed by atoms with van der Waals surface area (Å²) in [6.45, 7) is 2.82. The van der Waals surface area contributed by atoms with Gasteiger partial charge in [0.05, 0.1) is 6.04 Å². The van der Waals surface area contributed by atoms with Gasteiger partial charge in [0.15, 0.2) is 11.5 Å². The minimum atomic E-state index is -0.193. The van der Waals surface area contributed by atoms with Crippen LogP contribution in [0, 0.1) is 5.92 Å². The lowest BCUT2D eigenvalue weighted by atomic mass is 9.94. The molecule has 2 aromatic carbocycles. The largest absolute Gasteiger partial charge is 0.454 e. The standard InChI is InChI=1S/C25H28BrN3O4/c26-19-7-3-6-18(14-19)25(31)29-12-10-28(11-13-29)23(17-4-1-2-5-17)24(30)27-20-8-9-21-22(15-20)33-16-32-21/h3,6-9,14-15,17,23H,1-2,4-5,10-13,16H2,(H,27,30)/t23-/m1/s1. The molecule has 0 bridgehead atoms. The predicted octanol–water partition coefficient (Wildman–Crippen LogP) is 4.13. The Morgan fingerprint density at radius 2 is 1.73 bits per heavy atom. The van der Waals surface area contributed by atoms with E-state index in [1.807, 2.05) is 47.4 Å². The second-order valence-corrected chi connectivity index (χ2v) is 9.80. The first kappa shape index (κ1) is 22.2. The van der Waals surface area contributed by atoms with Crippen molar-refractivity contribution in [3.8, 4) is 11.5 Å². The van der Waals surface area contributed by atoms with Crippen molar-refractivity contribution in [1.29, 1.82) is 0 Å². The Hall–Kier alpha value is -2.58. The van der Waals surface area contributed by atoms with Crippen molar-refractivity contribution in [2.45, 2.75) is 31.7 Å². The summed E-state index contributed by atoms with van der Waals surface area (Å²) in [5, 5.41) is 3.11. The third-order valence-electron chi connectivity index (χ3n) is 6.82. The summed E-state index contributed by atoms with van der Waals surface area (Å²) in [6, 6.07) is 12.8. The SMILES string of the molecule is O=C(Nc1ccc2c(c1)OCO2)[C@@H](C1CCCC1)N1CCN(C(=O)c2cccc(Br)c2)CC1. The maximum atomic E-state index is 13.5. The van der Waals surface area contributed by atoms with Gasteiger partial charge in [-0.15, -0.1) is 0 Å². The van der Waals surface area contributed by atoms with E-state index < -0.39 is 0 Å². The Labute approximate surface area is 202 Å². The number of nitrogens with one attached hydrogen (secondary N) is 1. The molecule has 1 aliphatic carbocycles. The van der Waals surface area contributed by atoms with Gasteiger partial charge in [-0.1, -0.05) is 34.8 Å². The van der Waals surface area contributed by atoms with Crippen molar-refractivity contribution < 1.29 is 19.1 Å². The number of benzene rings is 2. The first-order chi connectivity index (χ1) is 16.1. The number of fused-ring (bicyclic) bond motifs is 1. The molecule has 1 N–H and O–H groups in total. The zero-order valence-corrected chi connectivity index (χ0v) is 20.1. The first-order valence-corrected chi connectivity index (χ1v) is 12.4. The summed E-state index contributed by atoms with van der Waals surface area (Å²) >= 11 is 3.44. The van der Waals surface area contributed by atoms with Crippen LogP contribution in [0.4, 0.5) is 5.69 Å². The monoisotopic (exact) mass is 513 g/mol. The number of nitrogens with zero attached hydrogens (tertiary/aromatic N) is 2. The second-order valence-electron chi connectivity index (χ2n) is 8.89. The van der Waals surface area contributed by atoms with Crippen molar-refractivity contribution in [1.82, 2.24) is 9.80 Å². The zero-order valence-electron chi connectivity index (χ0n) is 18.5. The van der Waals surface area contributed by atoms with Gasteiger partial charge in [0, 0.05) is 48.0 Å². The Bertz CT molecular complexity index is 1030. The van der Waals surface area contributed by atoms with Gasteiger partial charge in [-0.25, -0.2) is 0 Å². The lowest BCUT2D eigenvalue weighted by Gasteiger charge is -2.40. The summed E-state index contributed by atoms with van der Waals surface area (Å²) < 4.78 is 11.7. The molecule has 1 saturated heterocycles. The molecule has 174 valence electrons. The van der Waals surface area contributed by atoms with E-state index >= 15 is 0 Å². The molecular weight excluding hydrogens is 486 g/mol. The number of rotatable bonds is 5. The van der Waals surface area contributed by atoms with E-state index in [9.17, 15) is 9.59 Å². The van der Waals surface area contributed by atoms with Gasteiger partial charge >= 0.3 is 0 Å². The number of carbonyl (C=O) groups excluding carboxylic acids is 2. The molecule has 2 aliphatic heterocycles. The van der Waals surface area contributed by atoms with Crippen LogP contribution in [-0.2, 0) is 4.79 Å². The molecule has 0 aromatic heterocycles. The van der Waals surface area contributed by atoms with E-state index in [2.05, 4.69) is 26.1 Å². The molecule has 2 heterocycles. The van der Waals surface area contributed by atoms with E-state index in [1.54, 1.807) is 0 Å². The van der Waals surface area contributed by atoms with Gasteiger partial charge in [0.1, 0.15) is 0 Å². The second kappa shape index (κ2) is 9.73. The molecule has 0 spiro atoms. The summed E-state index contributed by atoms with van der Waals surface area (Å²) in [5.41, 5.74) is 1.40. The van der Waals surface area contributed by atoms with Crippen LogP contribution in [0.25, 0.3) is 0 Å². The van der Waals surface area contributed by atoms with Crippen molar-refractivity contribution >= 4 is 33.4 Å². The Balaban J connectivity index is 1.26. The van der Waals surface area contributed by atoms with Gasteiger partial charge in [-0.3, -0.25) is 14.5 Å². The molecule has 1 saturated carbocycles. The van der Waals surface area contributed by atoms with Gasteiger partial charge in [0.2, 0.25) is 12.7 Å². The fraction of sp³-hybridized carbons (Fsp3) is 0.440. The number of ether oxygens (including phenoxy) is 2. The van der Waals surface area contributed by atoms with Gasteiger partial charge in [-0.2, -0.15) is 0 Å². The maximum absolute atomic E-state index is 13.5. The number of halogens is 1. The van der Waals surface area contributed by atoms with Crippen LogP contribution >= 0.6 is 15.9 Å². The average molecular weight is 514 g/mol. The first-order valence-electron chi connectivity index (χ1n) is 11.6. The Morgan fingerprint density at radius 3 is 2.48 bits per heavy atom. The molecule has 7 nitrogen and oxygen atoms in total. The van der Waals surface area contributed by atoms with E-state index in [1.165, 1.54) is 12.8 Å². The average Bonchev–Trinajstić information content (AvgIpc) is 3.51. The van der Waals surface area contributed by atoms with Crippen LogP contribution in [0.2, 0.25) is 0 Å². The van der Waals surface area contributed by atoms with Crippen LogP contribution in [0.15, 0.2) is 46.9 Å². The lowest BCUT2D eigenvalue weighted by molar-refractivity contribution is -0.123. The van der Waals surface area contributed by atoms with Crippen LogP contribution in [0.5, 0.6) is 11.5 Å². The van der Waals surface area contributed by atoms with E-state index in [-0.39, 0.29) is 24.6 Å². The summed E-state index contributed by atoms with van der Waals surface area (Å²) in [6.07, 6.45) is 4.46. The molecule has 5 rings (SSSR count). The number of piperazine rings is 1. The Morgan fingerprint density at radius 1 is 0.970 bits per heavy atom. The fourth-order valence-corrected chi connectivity index (χ4v) is 5.55. The van der Waals surface area contributed by atoms with Crippen LogP contribution in [0.3, 0.4) is 0 Å². The molecule has 3 aliphatic rings. The topological polar surface area (TPSA) is 71.1 Å². The number of hydrogen-bond donors (Lipinski definition) is 1. The lowest BCUT2D eigenvalue weighted by Crippen LogP contribution is -2.56. The third kappa shape index (κ3) is 4.87. The van der Waals surface area contributed by atoms with Crippen LogP contribution in [0.1, 0.15) is 36.0 Å². The molecule has 2 aromatic rings. The molecule has 2 fully saturated rings. The molecule has 8 heteroatoms. The highest BCUT2D eigenvalue weighted by molar-refractivity contribution is 9.10. The highest BCUT2D eigenvalue weighted by atomic mass is 79.9. The summed E-state index contributed by atoms with van der Waals surface area (Å²) in [7, 11) is 0. The highest BCUT2D eigenvalue weighted by Gasteiger charge is 2.37. The minimum absolute atomic E-state index is 0.0209. The van der Waals surface area contributed by atoms with Crippen molar-refractivity contribution in [3.05, 3.63) is 52.5 Å². The highest BCUT2D eigenvalue weighted by Crippen LogP contribution is 2.35. The van der Waals surface area contributed by atoms with Crippen LogP contribution in [-0.4, -0.2) is 60.6 Å². The molecule has 0 unspecified atom stereocenters. The molecule has 2 amide bonds. The van der Waals surface area contributed by atoms with Crippen LogP contribution < -0.4 is 14.8 Å². The number of anilines is 1. The molecule has 0 radical (unpaired) electrons. The van der Waals surface area contributed by atoms with Gasteiger partial charge < -0.3 is 19.7 Å². The molecular formula is C25H28BrN3O4. The number of carbonyl (C=O) groups is 2. The Kier molecular flexibility index (Phi) is 6.55.